The molecule has 2 aromatic heterocycles. The molecule has 1 aliphatic rings. The van der Waals surface area contributed by atoms with Gasteiger partial charge in [-0.1, -0.05) is 0 Å². The minimum absolute atomic E-state index is 0.457. The molecule has 0 aromatic carbocycles. The molecule has 102 valence electrons. The van der Waals surface area contributed by atoms with Crippen LogP contribution < -0.4 is 5.32 Å². The molecule has 1 aliphatic carbocycles. The first kappa shape index (κ1) is 12.5. The summed E-state index contributed by atoms with van der Waals surface area (Å²) in [5.41, 5.74) is 4.16. The van der Waals surface area contributed by atoms with Crippen molar-refractivity contribution in [3.8, 4) is 0 Å². The van der Waals surface area contributed by atoms with Gasteiger partial charge in [-0.05, 0) is 38.3 Å². The summed E-state index contributed by atoms with van der Waals surface area (Å²) in [5.74, 6) is 0. The number of hydrogen-bond acceptors (Lipinski definition) is 2. The standard InChI is InChI=1S/C15H22N4/c1-3-19-15-8-4-7-14(13(15)11-17-19)16-10-12-6-5-9-18(12)2/h5-6,9,11,14,16H,3-4,7-8,10H2,1-2H3/t14-/m0/s1. The number of nitrogens with one attached hydrogen (secondary N) is 1. The molecular weight excluding hydrogens is 236 g/mol. The first-order valence-corrected chi connectivity index (χ1v) is 7.17. The summed E-state index contributed by atoms with van der Waals surface area (Å²) in [6, 6.07) is 4.73. The number of nitrogens with zero attached hydrogens (tertiary/aromatic N) is 3. The van der Waals surface area contributed by atoms with E-state index in [1.807, 2.05) is 0 Å². The van der Waals surface area contributed by atoms with E-state index in [9.17, 15) is 0 Å². The van der Waals surface area contributed by atoms with Gasteiger partial charge in [0.25, 0.3) is 0 Å². The van der Waals surface area contributed by atoms with Crippen LogP contribution in [0.3, 0.4) is 0 Å². The van der Waals surface area contributed by atoms with Crippen molar-refractivity contribution < 1.29 is 0 Å². The topological polar surface area (TPSA) is 34.8 Å². The van der Waals surface area contributed by atoms with Crippen LogP contribution in [-0.4, -0.2) is 14.3 Å². The van der Waals surface area contributed by atoms with Gasteiger partial charge in [-0.15, -0.1) is 0 Å². The van der Waals surface area contributed by atoms with E-state index >= 15 is 0 Å². The summed E-state index contributed by atoms with van der Waals surface area (Å²) in [5, 5.41) is 8.18. The molecule has 0 saturated heterocycles. The van der Waals surface area contributed by atoms with E-state index < -0.39 is 0 Å². The number of fused-ring (bicyclic) bond motifs is 1. The van der Waals surface area contributed by atoms with Crippen LogP contribution in [-0.2, 0) is 26.6 Å². The maximum Gasteiger partial charge on any atom is 0.0540 e. The molecule has 0 amide bonds. The van der Waals surface area contributed by atoms with Gasteiger partial charge >= 0.3 is 0 Å². The summed E-state index contributed by atoms with van der Waals surface area (Å²) in [6.45, 7) is 4.05. The molecule has 0 bridgehead atoms. The highest BCUT2D eigenvalue weighted by Crippen LogP contribution is 2.29. The van der Waals surface area contributed by atoms with Gasteiger partial charge in [0.05, 0.1) is 6.20 Å². The van der Waals surface area contributed by atoms with Crippen molar-refractivity contribution in [2.45, 2.75) is 45.3 Å². The van der Waals surface area contributed by atoms with Crippen molar-refractivity contribution in [2.75, 3.05) is 0 Å². The highest BCUT2D eigenvalue weighted by molar-refractivity contribution is 5.25. The van der Waals surface area contributed by atoms with E-state index in [1.165, 1.54) is 36.2 Å². The van der Waals surface area contributed by atoms with Crippen molar-refractivity contribution in [3.05, 3.63) is 41.5 Å². The number of aryl methyl sites for hydroxylation is 2. The molecule has 19 heavy (non-hydrogen) atoms. The van der Waals surface area contributed by atoms with Crippen LogP contribution in [0, 0.1) is 0 Å². The molecule has 1 atom stereocenters. The lowest BCUT2D eigenvalue weighted by atomic mass is 9.93. The smallest absolute Gasteiger partial charge is 0.0540 e. The van der Waals surface area contributed by atoms with Gasteiger partial charge in [0, 0.05) is 49.3 Å². The highest BCUT2D eigenvalue weighted by atomic mass is 15.3. The van der Waals surface area contributed by atoms with Crippen LogP contribution in [0.1, 0.15) is 42.8 Å². The summed E-state index contributed by atoms with van der Waals surface area (Å²) in [6.07, 6.45) is 7.79. The average molecular weight is 258 g/mol. The zero-order valence-corrected chi connectivity index (χ0v) is 11.8. The van der Waals surface area contributed by atoms with Gasteiger partial charge in [-0.3, -0.25) is 4.68 Å². The van der Waals surface area contributed by atoms with Gasteiger partial charge in [-0.25, -0.2) is 0 Å². The molecule has 2 aromatic rings. The van der Waals surface area contributed by atoms with Gasteiger partial charge in [-0.2, -0.15) is 5.10 Å². The van der Waals surface area contributed by atoms with Crippen molar-refractivity contribution >= 4 is 0 Å². The first-order valence-electron chi connectivity index (χ1n) is 7.17. The van der Waals surface area contributed by atoms with Gasteiger partial charge in [0.1, 0.15) is 0 Å². The second kappa shape index (κ2) is 5.21. The average Bonchev–Trinajstić information content (AvgIpc) is 3.02. The van der Waals surface area contributed by atoms with E-state index in [-0.39, 0.29) is 0 Å². The van der Waals surface area contributed by atoms with Crippen LogP contribution >= 0.6 is 0 Å². The Morgan fingerprint density at radius 1 is 1.47 bits per heavy atom. The van der Waals surface area contributed by atoms with Crippen LogP contribution in [0.25, 0.3) is 0 Å². The normalized spacial score (nSPS) is 18.5. The van der Waals surface area contributed by atoms with Gasteiger partial charge < -0.3 is 9.88 Å². The summed E-state index contributed by atoms with van der Waals surface area (Å²) >= 11 is 0. The number of aromatic nitrogens is 3. The number of rotatable bonds is 4. The number of hydrogen-bond donors (Lipinski definition) is 1. The summed E-state index contributed by atoms with van der Waals surface area (Å²) < 4.78 is 4.32. The minimum Gasteiger partial charge on any atom is -0.353 e. The second-order valence-corrected chi connectivity index (χ2v) is 5.30. The van der Waals surface area contributed by atoms with Crippen LogP contribution in [0.15, 0.2) is 24.5 Å². The molecule has 0 spiro atoms. The molecule has 0 radical (unpaired) electrons. The molecule has 2 heterocycles. The van der Waals surface area contributed by atoms with Crippen LogP contribution in [0.5, 0.6) is 0 Å². The molecule has 0 fully saturated rings. The second-order valence-electron chi connectivity index (χ2n) is 5.30. The third-order valence-electron chi connectivity index (χ3n) is 4.14. The summed E-state index contributed by atoms with van der Waals surface area (Å²) in [7, 11) is 2.10. The maximum atomic E-state index is 4.50. The Labute approximate surface area is 114 Å². The predicted molar refractivity (Wildman–Crippen MR) is 75.8 cm³/mol. The fourth-order valence-corrected chi connectivity index (χ4v) is 3.01. The predicted octanol–water partition coefficient (Wildman–Crippen LogP) is 2.41. The SMILES string of the molecule is CCn1ncc2c1CCC[C@@H]2NCc1cccn1C. The van der Waals surface area contributed by atoms with Gasteiger partial charge in [0.15, 0.2) is 0 Å². The fourth-order valence-electron chi connectivity index (χ4n) is 3.01. The molecule has 4 nitrogen and oxygen atoms in total. The summed E-state index contributed by atoms with van der Waals surface area (Å²) in [4.78, 5) is 0. The van der Waals surface area contributed by atoms with E-state index in [1.54, 1.807) is 0 Å². The zero-order chi connectivity index (χ0) is 13.2. The van der Waals surface area contributed by atoms with E-state index in [0.717, 1.165) is 13.1 Å². The molecule has 1 N–H and O–H groups in total. The third-order valence-corrected chi connectivity index (χ3v) is 4.14. The van der Waals surface area contributed by atoms with Crippen LogP contribution in [0.4, 0.5) is 0 Å². The highest BCUT2D eigenvalue weighted by Gasteiger charge is 2.23. The Bertz CT molecular complexity index is 552. The van der Waals surface area contributed by atoms with Crippen LogP contribution in [0.2, 0.25) is 0 Å². The van der Waals surface area contributed by atoms with Crippen molar-refractivity contribution in [3.63, 3.8) is 0 Å². The molecule has 0 unspecified atom stereocenters. The largest absolute Gasteiger partial charge is 0.353 e. The third kappa shape index (κ3) is 2.32. The lowest BCUT2D eigenvalue weighted by Gasteiger charge is -2.24. The molecule has 4 heteroatoms. The maximum absolute atomic E-state index is 4.50. The van der Waals surface area contributed by atoms with Gasteiger partial charge in [0.2, 0.25) is 0 Å². The molecule has 0 aliphatic heterocycles. The lowest BCUT2D eigenvalue weighted by molar-refractivity contribution is 0.443. The Balaban J connectivity index is 1.73. The van der Waals surface area contributed by atoms with E-state index in [4.69, 9.17) is 0 Å². The van der Waals surface area contributed by atoms with Crippen molar-refractivity contribution in [2.24, 2.45) is 7.05 Å². The van der Waals surface area contributed by atoms with E-state index in [0.29, 0.717) is 6.04 Å². The molecule has 3 rings (SSSR count). The van der Waals surface area contributed by atoms with Crippen molar-refractivity contribution in [1.82, 2.24) is 19.7 Å². The zero-order valence-electron chi connectivity index (χ0n) is 11.8. The monoisotopic (exact) mass is 258 g/mol. The van der Waals surface area contributed by atoms with Crippen molar-refractivity contribution in [1.29, 1.82) is 0 Å². The lowest BCUT2D eigenvalue weighted by Crippen LogP contribution is -2.25. The first-order chi connectivity index (χ1) is 9.29. The Hall–Kier alpha value is -1.55. The Morgan fingerprint density at radius 3 is 3.11 bits per heavy atom. The molecule has 0 saturated carbocycles. The fraction of sp³-hybridized carbons (Fsp3) is 0.533. The van der Waals surface area contributed by atoms with E-state index in [2.05, 4.69) is 58.2 Å². The Kier molecular flexibility index (Phi) is 3.42. The minimum atomic E-state index is 0.457. The Morgan fingerprint density at radius 2 is 2.37 bits per heavy atom. The molecular formula is C15H22N4. The quantitative estimate of drug-likeness (QED) is 0.914.